The number of anilines is 1. The number of rotatable bonds is 9. The third-order valence-corrected chi connectivity index (χ3v) is 7.23. The maximum absolute atomic E-state index is 12.9. The average molecular weight is 447 g/mol. The van der Waals surface area contributed by atoms with E-state index in [9.17, 15) is 13.2 Å². The van der Waals surface area contributed by atoms with Crippen molar-refractivity contribution < 1.29 is 22.7 Å². The van der Waals surface area contributed by atoms with Gasteiger partial charge in [-0.05, 0) is 62.1 Å². The number of sulfonamides is 1. The molecule has 8 heteroatoms. The van der Waals surface area contributed by atoms with Crippen molar-refractivity contribution in [2.24, 2.45) is 5.92 Å². The molecule has 7 nitrogen and oxygen atoms in total. The Labute approximate surface area is 184 Å². The SMILES string of the molecule is CCOCCOc1ccccc1C(=O)Nc1ccc(S(=O)(=O)N2CCC(C)CC2)cc1. The molecule has 31 heavy (non-hydrogen) atoms. The number of hydrogen-bond acceptors (Lipinski definition) is 5. The van der Waals surface area contributed by atoms with E-state index in [0.29, 0.717) is 55.8 Å². The Morgan fingerprint density at radius 2 is 1.74 bits per heavy atom. The number of amides is 1. The third-order valence-electron chi connectivity index (χ3n) is 5.31. The van der Waals surface area contributed by atoms with E-state index in [1.165, 1.54) is 16.4 Å². The van der Waals surface area contributed by atoms with Gasteiger partial charge >= 0.3 is 0 Å². The lowest BCUT2D eigenvalue weighted by Gasteiger charge is -2.29. The van der Waals surface area contributed by atoms with Gasteiger partial charge in [0.2, 0.25) is 10.0 Å². The van der Waals surface area contributed by atoms with Gasteiger partial charge in [-0.25, -0.2) is 8.42 Å². The van der Waals surface area contributed by atoms with Gasteiger partial charge in [-0.1, -0.05) is 19.1 Å². The molecule has 1 N–H and O–H groups in total. The number of hydrogen-bond donors (Lipinski definition) is 1. The Bertz CT molecular complexity index is 968. The fourth-order valence-corrected chi connectivity index (χ4v) is 4.89. The van der Waals surface area contributed by atoms with Gasteiger partial charge in [0.1, 0.15) is 12.4 Å². The highest BCUT2D eigenvalue weighted by Gasteiger charge is 2.28. The minimum atomic E-state index is -3.52. The lowest BCUT2D eigenvalue weighted by molar-refractivity contribution is 0.0998. The second kappa shape index (κ2) is 10.7. The molecule has 0 saturated carbocycles. The molecule has 2 aromatic carbocycles. The molecule has 1 amide bonds. The summed E-state index contributed by atoms with van der Waals surface area (Å²) in [7, 11) is -3.52. The van der Waals surface area contributed by atoms with E-state index in [-0.39, 0.29) is 10.8 Å². The molecule has 2 aromatic rings. The fourth-order valence-electron chi connectivity index (χ4n) is 3.42. The molecule has 0 atom stereocenters. The summed E-state index contributed by atoms with van der Waals surface area (Å²) in [5, 5.41) is 2.81. The Hall–Kier alpha value is -2.42. The van der Waals surface area contributed by atoms with Crippen molar-refractivity contribution in [3.63, 3.8) is 0 Å². The molecule has 1 saturated heterocycles. The highest BCUT2D eigenvalue weighted by atomic mass is 32.2. The summed E-state index contributed by atoms with van der Waals surface area (Å²) in [6, 6.07) is 13.3. The van der Waals surface area contributed by atoms with Gasteiger partial charge in [0, 0.05) is 25.4 Å². The number of para-hydroxylation sites is 1. The highest BCUT2D eigenvalue weighted by molar-refractivity contribution is 7.89. The molecular weight excluding hydrogens is 416 g/mol. The van der Waals surface area contributed by atoms with Crippen LogP contribution in [0.4, 0.5) is 5.69 Å². The van der Waals surface area contributed by atoms with Crippen molar-refractivity contribution in [3.8, 4) is 5.75 Å². The zero-order valence-electron chi connectivity index (χ0n) is 18.0. The highest BCUT2D eigenvalue weighted by Crippen LogP contribution is 2.25. The fraction of sp³-hybridized carbons (Fsp3) is 0.435. The van der Waals surface area contributed by atoms with Gasteiger partial charge in [-0.15, -0.1) is 0 Å². The van der Waals surface area contributed by atoms with E-state index >= 15 is 0 Å². The van der Waals surface area contributed by atoms with Gasteiger partial charge in [0.25, 0.3) is 5.91 Å². The number of piperidine rings is 1. The van der Waals surface area contributed by atoms with Gasteiger partial charge in [-0.2, -0.15) is 4.31 Å². The molecule has 0 radical (unpaired) electrons. The molecule has 0 unspecified atom stereocenters. The van der Waals surface area contributed by atoms with Gasteiger partial charge in [0.15, 0.2) is 0 Å². The monoisotopic (exact) mass is 446 g/mol. The lowest BCUT2D eigenvalue weighted by Crippen LogP contribution is -2.37. The average Bonchev–Trinajstić information content (AvgIpc) is 2.77. The van der Waals surface area contributed by atoms with Crippen LogP contribution in [-0.4, -0.2) is 51.5 Å². The molecule has 168 valence electrons. The molecular formula is C23H30N2O5S. The van der Waals surface area contributed by atoms with Gasteiger partial charge < -0.3 is 14.8 Å². The zero-order chi connectivity index (χ0) is 22.3. The Morgan fingerprint density at radius 3 is 2.42 bits per heavy atom. The molecule has 1 heterocycles. The van der Waals surface area contributed by atoms with Gasteiger partial charge in [-0.3, -0.25) is 4.79 Å². The second-order valence-electron chi connectivity index (χ2n) is 7.61. The molecule has 1 aliphatic heterocycles. The number of carbonyl (C=O) groups excluding carboxylic acids is 1. The minimum absolute atomic E-state index is 0.236. The number of ether oxygens (including phenoxy) is 2. The summed E-state index contributed by atoms with van der Waals surface area (Å²) in [5.74, 6) is 0.695. The van der Waals surface area contributed by atoms with Crippen LogP contribution in [0.3, 0.4) is 0 Å². The van der Waals surface area contributed by atoms with Crippen molar-refractivity contribution >= 4 is 21.6 Å². The van der Waals surface area contributed by atoms with Crippen molar-refractivity contribution in [1.82, 2.24) is 4.31 Å². The quantitative estimate of drug-likeness (QED) is 0.593. The topological polar surface area (TPSA) is 84.9 Å². The smallest absolute Gasteiger partial charge is 0.259 e. The van der Waals surface area contributed by atoms with Crippen LogP contribution in [0.2, 0.25) is 0 Å². The molecule has 1 aliphatic rings. The van der Waals surface area contributed by atoms with E-state index in [1.807, 2.05) is 6.92 Å². The van der Waals surface area contributed by atoms with Crippen molar-refractivity contribution in [2.45, 2.75) is 31.6 Å². The van der Waals surface area contributed by atoms with Crippen LogP contribution in [0, 0.1) is 5.92 Å². The van der Waals surface area contributed by atoms with E-state index in [2.05, 4.69) is 12.2 Å². The second-order valence-corrected chi connectivity index (χ2v) is 9.54. The van der Waals surface area contributed by atoms with Crippen LogP contribution in [0.5, 0.6) is 5.75 Å². The Morgan fingerprint density at radius 1 is 1.06 bits per heavy atom. The maximum atomic E-state index is 12.9. The van der Waals surface area contributed by atoms with Crippen LogP contribution in [0.1, 0.15) is 37.0 Å². The first-order valence-electron chi connectivity index (χ1n) is 10.6. The summed E-state index contributed by atoms with van der Waals surface area (Å²) in [4.78, 5) is 13.0. The zero-order valence-corrected chi connectivity index (χ0v) is 18.9. The number of carbonyl (C=O) groups is 1. The summed E-state index contributed by atoms with van der Waals surface area (Å²) < 4.78 is 38.2. The van der Waals surface area contributed by atoms with Crippen molar-refractivity contribution in [2.75, 3.05) is 38.2 Å². The molecule has 0 bridgehead atoms. The largest absolute Gasteiger partial charge is 0.490 e. The number of nitrogens with zero attached hydrogens (tertiary/aromatic N) is 1. The molecule has 1 fully saturated rings. The summed E-state index contributed by atoms with van der Waals surface area (Å²) in [5.41, 5.74) is 0.915. The maximum Gasteiger partial charge on any atom is 0.259 e. The molecule has 0 aromatic heterocycles. The third kappa shape index (κ3) is 6.06. The Kier molecular flexibility index (Phi) is 8.06. The lowest BCUT2D eigenvalue weighted by atomic mass is 10.0. The summed E-state index contributed by atoms with van der Waals surface area (Å²) in [6.45, 7) is 6.53. The van der Waals surface area contributed by atoms with E-state index in [0.717, 1.165) is 12.8 Å². The Balaban J connectivity index is 1.65. The first-order valence-corrected chi connectivity index (χ1v) is 12.1. The van der Waals surface area contributed by atoms with E-state index in [4.69, 9.17) is 9.47 Å². The van der Waals surface area contributed by atoms with Crippen LogP contribution in [0.25, 0.3) is 0 Å². The predicted molar refractivity (Wildman–Crippen MR) is 120 cm³/mol. The molecule has 3 rings (SSSR count). The van der Waals surface area contributed by atoms with Crippen LogP contribution in [0.15, 0.2) is 53.4 Å². The van der Waals surface area contributed by atoms with Crippen molar-refractivity contribution in [3.05, 3.63) is 54.1 Å². The first kappa shape index (κ1) is 23.2. The molecule has 0 aliphatic carbocycles. The standard InChI is InChI=1S/C23H30N2O5S/c1-3-29-16-17-30-22-7-5-4-6-21(22)23(26)24-19-8-10-20(11-9-19)31(27,28)25-14-12-18(2)13-15-25/h4-11,18H,3,12-17H2,1-2H3,(H,24,26). The van der Waals surface area contributed by atoms with Crippen molar-refractivity contribution in [1.29, 1.82) is 0 Å². The van der Waals surface area contributed by atoms with Crippen LogP contribution < -0.4 is 10.1 Å². The van der Waals surface area contributed by atoms with E-state index < -0.39 is 10.0 Å². The number of benzene rings is 2. The summed E-state index contributed by atoms with van der Waals surface area (Å²) in [6.07, 6.45) is 1.75. The predicted octanol–water partition coefficient (Wildman–Crippen LogP) is 3.77. The van der Waals surface area contributed by atoms with Gasteiger partial charge in [0.05, 0.1) is 17.1 Å². The van der Waals surface area contributed by atoms with E-state index in [1.54, 1.807) is 36.4 Å². The minimum Gasteiger partial charge on any atom is -0.490 e. The summed E-state index contributed by atoms with van der Waals surface area (Å²) >= 11 is 0. The van der Waals surface area contributed by atoms with Crippen LogP contribution >= 0.6 is 0 Å². The molecule has 0 spiro atoms. The first-order chi connectivity index (χ1) is 14.9. The number of nitrogens with one attached hydrogen (secondary N) is 1. The normalized spacial score (nSPS) is 15.5. The van der Waals surface area contributed by atoms with Crippen LogP contribution in [-0.2, 0) is 14.8 Å².